The van der Waals surface area contributed by atoms with Crippen LogP contribution < -0.4 is 5.32 Å². The minimum Gasteiger partial charge on any atom is -0.324 e. The van der Waals surface area contributed by atoms with E-state index in [1.54, 1.807) is 0 Å². The van der Waals surface area contributed by atoms with Gasteiger partial charge in [0.1, 0.15) is 0 Å². The van der Waals surface area contributed by atoms with Gasteiger partial charge in [-0.1, -0.05) is 22.0 Å². The third kappa shape index (κ3) is 3.12. The third-order valence-electron chi connectivity index (χ3n) is 3.43. The molecule has 3 rings (SSSR count). The van der Waals surface area contributed by atoms with Gasteiger partial charge in [0.2, 0.25) is 0 Å². The van der Waals surface area contributed by atoms with E-state index < -0.39 is 0 Å². The smallest absolute Gasteiger partial charge is 0.255 e. The van der Waals surface area contributed by atoms with Gasteiger partial charge in [0.25, 0.3) is 5.91 Å². The van der Waals surface area contributed by atoms with Crippen molar-refractivity contribution in [2.45, 2.75) is 6.92 Å². The molecule has 3 aromatic rings. The fourth-order valence-electron chi connectivity index (χ4n) is 2.24. The van der Waals surface area contributed by atoms with Crippen molar-refractivity contribution in [3.63, 3.8) is 0 Å². The van der Waals surface area contributed by atoms with Crippen LogP contribution in [0.25, 0.3) is 5.69 Å². The highest BCUT2D eigenvalue weighted by atomic mass is 79.9. The average molecular weight is 355 g/mol. The van der Waals surface area contributed by atoms with Crippen molar-refractivity contribution >= 4 is 27.5 Å². The first kappa shape index (κ1) is 14.6. The molecular formula is C18H15BrN2O. The number of aromatic nitrogens is 1. The van der Waals surface area contributed by atoms with E-state index in [0.717, 1.165) is 21.4 Å². The highest BCUT2D eigenvalue weighted by Gasteiger charge is 2.08. The van der Waals surface area contributed by atoms with E-state index in [9.17, 15) is 4.79 Å². The number of aryl methyl sites for hydroxylation is 1. The predicted molar refractivity (Wildman–Crippen MR) is 92.6 cm³/mol. The monoisotopic (exact) mass is 354 g/mol. The number of carbonyl (C=O) groups is 1. The second-order valence-corrected chi connectivity index (χ2v) is 5.91. The molecule has 1 amide bonds. The summed E-state index contributed by atoms with van der Waals surface area (Å²) in [5.74, 6) is -0.115. The number of nitrogens with one attached hydrogen (secondary N) is 1. The number of anilines is 1. The van der Waals surface area contributed by atoms with E-state index in [0.29, 0.717) is 5.56 Å². The van der Waals surface area contributed by atoms with E-state index in [1.807, 2.05) is 78.5 Å². The minimum atomic E-state index is -0.115. The van der Waals surface area contributed by atoms with Gasteiger partial charge in [-0.15, -0.1) is 0 Å². The fraction of sp³-hybridized carbons (Fsp3) is 0.0556. The molecule has 0 fully saturated rings. The molecule has 0 aliphatic heterocycles. The van der Waals surface area contributed by atoms with Crippen LogP contribution in [-0.4, -0.2) is 10.5 Å². The maximum absolute atomic E-state index is 12.4. The highest BCUT2D eigenvalue weighted by Crippen LogP contribution is 2.21. The molecule has 0 radical (unpaired) electrons. The Bertz CT molecular complexity index is 810. The minimum absolute atomic E-state index is 0.115. The van der Waals surface area contributed by atoms with Gasteiger partial charge >= 0.3 is 0 Å². The lowest BCUT2D eigenvalue weighted by Crippen LogP contribution is -2.12. The van der Waals surface area contributed by atoms with E-state index in [1.165, 1.54) is 0 Å². The van der Waals surface area contributed by atoms with Gasteiger partial charge in [-0.25, -0.2) is 0 Å². The second kappa shape index (κ2) is 6.20. The molecule has 1 N–H and O–H groups in total. The van der Waals surface area contributed by atoms with E-state index in [2.05, 4.69) is 21.2 Å². The number of amides is 1. The molecule has 0 atom stereocenters. The van der Waals surface area contributed by atoms with Gasteiger partial charge in [-0.2, -0.15) is 0 Å². The van der Waals surface area contributed by atoms with Crippen molar-refractivity contribution in [3.8, 4) is 5.69 Å². The average Bonchev–Trinajstić information content (AvgIpc) is 3.05. The molecule has 0 bridgehead atoms. The SMILES string of the molecule is Cc1cc(NC(=O)c2cccc(-n3cccc3)c2)ccc1Br. The molecule has 0 aliphatic rings. The number of hydrogen-bond donors (Lipinski definition) is 1. The molecule has 1 heterocycles. The number of carbonyl (C=O) groups excluding carboxylic acids is 1. The van der Waals surface area contributed by atoms with Crippen LogP contribution >= 0.6 is 15.9 Å². The number of halogens is 1. The van der Waals surface area contributed by atoms with Crippen LogP contribution in [0.2, 0.25) is 0 Å². The Balaban J connectivity index is 1.83. The first-order valence-corrected chi connectivity index (χ1v) is 7.74. The van der Waals surface area contributed by atoms with E-state index >= 15 is 0 Å². The quantitative estimate of drug-likeness (QED) is 0.719. The zero-order chi connectivity index (χ0) is 15.5. The Hall–Kier alpha value is -2.33. The summed E-state index contributed by atoms with van der Waals surface area (Å²) in [7, 11) is 0. The first-order chi connectivity index (χ1) is 10.6. The summed E-state index contributed by atoms with van der Waals surface area (Å²) in [5, 5.41) is 2.93. The third-order valence-corrected chi connectivity index (χ3v) is 4.32. The molecule has 110 valence electrons. The summed E-state index contributed by atoms with van der Waals surface area (Å²) < 4.78 is 3.00. The van der Waals surface area contributed by atoms with Gasteiger partial charge in [0.05, 0.1) is 0 Å². The summed E-state index contributed by atoms with van der Waals surface area (Å²) in [4.78, 5) is 12.4. The van der Waals surface area contributed by atoms with E-state index in [4.69, 9.17) is 0 Å². The largest absolute Gasteiger partial charge is 0.324 e. The molecule has 3 nitrogen and oxygen atoms in total. The normalized spacial score (nSPS) is 10.5. The van der Waals surface area contributed by atoms with Crippen LogP contribution in [0.1, 0.15) is 15.9 Å². The van der Waals surface area contributed by atoms with Crippen LogP contribution in [0.4, 0.5) is 5.69 Å². The Morgan fingerprint density at radius 2 is 1.82 bits per heavy atom. The van der Waals surface area contributed by atoms with Gasteiger partial charge < -0.3 is 9.88 Å². The number of hydrogen-bond acceptors (Lipinski definition) is 1. The maximum Gasteiger partial charge on any atom is 0.255 e. The Morgan fingerprint density at radius 1 is 1.05 bits per heavy atom. The van der Waals surface area contributed by atoms with Crippen LogP contribution in [-0.2, 0) is 0 Å². The Labute approximate surface area is 137 Å². The maximum atomic E-state index is 12.4. The van der Waals surface area contributed by atoms with Crippen molar-refractivity contribution in [2.24, 2.45) is 0 Å². The Kier molecular flexibility index (Phi) is 4.11. The van der Waals surface area contributed by atoms with Crippen LogP contribution in [0, 0.1) is 6.92 Å². The Morgan fingerprint density at radius 3 is 2.55 bits per heavy atom. The van der Waals surface area contributed by atoms with Crippen LogP contribution in [0.5, 0.6) is 0 Å². The summed E-state index contributed by atoms with van der Waals surface area (Å²) in [6.45, 7) is 1.99. The molecule has 4 heteroatoms. The molecule has 0 spiro atoms. The summed E-state index contributed by atoms with van der Waals surface area (Å²) in [6.07, 6.45) is 3.91. The summed E-state index contributed by atoms with van der Waals surface area (Å²) in [5.41, 5.74) is 3.47. The van der Waals surface area contributed by atoms with Gasteiger partial charge in [0, 0.05) is 33.8 Å². The van der Waals surface area contributed by atoms with Crippen molar-refractivity contribution in [1.29, 1.82) is 0 Å². The summed E-state index contributed by atoms with van der Waals surface area (Å²) in [6, 6.07) is 17.2. The van der Waals surface area contributed by atoms with Crippen molar-refractivity contribution in [1.82, 2.24) is 4.57 Å². The molecule has 2 aromatic carbocycles. The highest BCUT2D eigenvalue weighted by molar-refractivity contribution is 9.10. The second-order valence-electron chi connectivity index (χ2n) is 5.06. The topological polar surface area (TPSA) is 34.0 Å². The molecular weight excluding hydrogens is 340 g/mol. The molecule has 0 saturated carbocycles. The predicted octanol–water partition coefficient (Wildman–Crippen LogP) is 4.80. The van der Waals surface area contributed by atoms with Gasteiger partial charge in [-0.05, 0) is 61.0 Å². The fourth-order valence-corrected chi connectivity index (χ4v) is 2.49. The van der Waals surface area contributed by atoms with E-state index in [-0.39, 0.29) is 5.91 Å². The van der Waals surface area contributed by atoms with Gasteiger partial charge in [0.15, 0.2) is 0 Å². The van der Waals surface area contributed by atoms with Gasteiger partial charge in [-0.3, -0.25) is 4.79 Å². The van der Waals surface area contributed by atoms with Crippen LogP contribution in [0.15, 0.2) is 71.5 Å². The lowest BCUT2D eigenvalue weighted by molar-refractivity contribution is 0.102. The van der Waals surface area contributed by atoms with Crippen LogP contribution in [0.3, 0.4) is 0 Å². The number of benzene rings is 2. The zero-order valence-corrected chi connectivity index (χ0v) is 13.7. The summed E-state index contributed by atoms with van der Waals surface area (Å²) >= 11 is 3.46. The first-order valence-electron chi connectivity index (χ1n) is 6.94. The standard InChI is InChI=1S/C18H15BrN2O/c1-13-11-15(7-8-17(13)19)20-18(22)14-5-4-6-16(12-14)21-9-2-3-10-21/h2-12H,1H3,(H,20,22). The zero-order valence-electron chi connectivity index (χ0n) is 12.1. The number of nitrogens with zero attached hydrogens (tertiary/aromatic N) is 1. The molecule has 1 aromatic heterocycles. The van der Waals surface area contributed by atoms with Crippen molar-refractivity contribution in [3.05, 3.63) is 82.6 Å². The van der Waals surface area contributed by atoms with Crippen molar-refractivity contribution < 1.29 is 4.79 Å². The molecule has 0 aliphatic carbocycles. The molecule has 0 unspecified atom stereocenters. The lowest BCUT2D eigenvalue weighted by Gasteiger charge is -2.09. The van der Waals surface area contributed by atoms with Crippen molar-refractivity contribution in [2.75, 3.05) is 5.32 Å². The molecule has 0 saturated heterocycles. The molecule has 22 heavy (non-hydrogen) atoms. The number of rotatable bonds is 3. The lowest BCUT2D eigenvalue weighted by atomic mass is 10.1.